The van der Waals surface area contributed by atoms with Crippen molar-refractivity contribution in [3.8, 4) is 0 Å². The number of piperidine rings is 1. The molecule has 1 heterocycles. The third-order valence-electron chi connectivity index (χ3n) is 6.86. The monoisotopic (exact) mass is 483 g/mol. The Labute approximate surface area is 202 Å². The van der Waals surface area contributed by atoms with E-state index in [-0.39, 0.29) is 35.6 Å². The van der Waals surface area contributed by atoms with Crippen molar-refractivity contribution in [2.45, 2.75) is 56.4 Å². The van der Waals surface area contributed by atoms with Crippen molar-refractivity contribution in [2.75, 3.05) is 13.1 Å². The third-order valence-corrected chi connectivity index (χ3v) is 8.71. The van der Waals surface area contributed by atoms with Gasteiger partial charge in [-0.15, -0.1) is 0 Å². The van der Waals surface area contributed by atoms with E-state index in [9.17, 15) is 18.0 Å². The van der Waals surface area contributed by atoms with Gasteiger partial charge in [0.25, 0.3) is 5.91 Å². The first-order chi connectivity index (χ1) is 16.4. The van der Waals surface area contributed by atoms with Gasteiger partial charge in [0.15, 0.2) is 0 Å². The van der Waals surface area contributed by atoms with Gasteiger partial charge in [-0.05, 0) is 43.4 Å². The van der Waals surface area contributed by atoms with Gasteiger partial charge in [-0.3, -0.25) is 9.59 Å². The van der Waals surface area contributed by atoms with Crippen molar-refractivity contribution in [2.24, 2.45) is 5.92 Å². The van der Waals surface area contributed by atoms with Gasteiger partial charge >= 0.3 is 0 Å². The summed E-state index contributed by atoms with van der Waals surface area (Å²) in [6.07, 6.45) is 4.71. The van der Waals surface area contributed by atoms with Crippen LogP contribution in [0.3, 0.4) is 0 Å². The molecule has 0 aromatic heterocycles. The molecule has 182 valence electrons. The van der Waals surface area contributed by atoms with Gasteiger partial charge < -0.3 is 10.6 Å². The number of hydrogen-bond donors (Lipinski definition) is 2. The topological polar surface area (TPSA) is 95.6 Å². The van der Waals surface area contributed by atoms with E-state index in [1.54, 1.807) is 12.1 Å². The second-order valence-electron chi connectivity index (χ2n) is 9.26. The van der Waals surface area contributed by atoms with Crippen LogP contribution in [0.5, 0.6) is 0 Å². The van der Waals surface area contributed by atoms with Gasteiger partial charge in [-0.25, -0.2) is 12.7 Å². The fraction of sp³-hybridized carbons (Fsp3) is 0.462. The fourth-order valence-corrected chi connectivity index (χ4v) is 6.45. The van der Waals surface area contributed by atoms with E-state index in [0.29, 0.717) is 31.5 Å². The molecule has 1 aliphatic carbocycles. The lowest BCUT2D eigenvalue weighted by Crippen LogP contribution is -2.55. The van der Waals surface area contributed by atoms with E-state index in [2.05, 4.69) is 10.6 Å². The van der Waals surface area contributed by atoms with Gasteiger partial charge in [0.2, 0.25) is 15.9 Å². The Morgan fingerprint density at radius 3 is 1.97 bits per heavy atom. The number of hydrogen-bond acceptors (Lipinski definition) is 4. The highest BCUT2D eigenvalue weighted by molar-refractivity contribution is 7.88. The van der Waals surface area contributed by atoms with Gasteiger partial charge in [-0.1, -0.05) is 61.4 Å². The van der Waals surface area contributed by atoms with Gasteiger partial charge in [0, 0.05) is 36.7 Å². The predicted octanol–water partition coefficient (Wildman–Crippen LogP) is 3.09. The zero-order valence-corrected chi connectivity index (χ0v) is 20.2. The fourth-order valence-electron chi connectivity index (χ4n) is 4.89. The largest absolute Gasteiger partial charge is 0.351 e. The molecule has 1 aliphatic heterocycles. The molecule has 1 saturated heterocycles. The summed E-state index contributed by atoms with van der Waals surface area (Å²) < 4.78 is 27.1. The first-order valence-corrected chi connectivity index (χ1v) is 13.7. The van der Waals surface area contributed by atoms with Crippen LogP contribution in [0.15, 0.2) is 60.7 Å². The molecule has 2 N–H and O–H groups in total. The van der Waals surface area contributed by atoms with Crippen molar-refractivity contribution in [1.29, 1.82) is 0 Å². The molecule has 2 aliphatic rings. The smallest absolute Gasteiger partial charge is 0.251 e. The molecule has 2 aromatic carbocycles. The van der Waals surface area contributed by atoms with Gasteiger partial charge in [0.05, 0.1) is 5.75 Å². The standard InChI is InChI=1S/C26H33N3O4S/c30-25(21-11-5-2-6-12-21)27-23-13-7-8-14-24(23)28-26(31)22-15-17-29(18-16-22)34(32,33)19-20-9-3-1-4-10-20/h1-6,9-12,22-24H,7-8,13-19H2,(H,27,30)(H,28,31)/t23-,24?/m1/s1. The number of carbonyl (C=O) groups excluding carboxylic acids is 2. The van der Waals surface area contributed by atoms with E-state index in [0.717, 1.165) is 31.2 Å². The molecule has 34 heavy (non-hydrogen) atoms. The van der Waals surface area contributed by atoms with E-state index in [1.807, 2.05) is 48.5 Å². The molecule has 0 bridgehead atoms. The first kappa shape index (κ1) is 24.4. The summed E-state index contributed by atoms with van der Waals surface area (Å²) in [5.41, 5.74) is 1.38. The van der Waals surface area contributed by atoms with E-state index in [1.165, 1.54) is 4.31 Å². The van der Waals surface area contributed by atoms with E-state index < -0.39 is 10.0 Å². The van der Waals surface area contributed by atoms with Crippen LogP contribution < -0.4 is 10.6 Å². The summed E-state index contributed by atoms with van der Waals surface area (Å²) in [4.78, 5) is 25.6. The Hall–Kier alpha value is -2.71. The zero-order valence-electron chi connectivity index (χ0n) is 19.4. The van der Waals surface area contributed by atoms with Gasteiger partial charge in [0.1, 0.15) is 0 Å². The van der Waals surface area contributed by atoms with Crippen LogP contribution in [0, 0.1) is 5.92 Å². The van der Waals surface area contributed by atoms with Crippen LogP contribution in [0.1, 0.15) is 54.4 Å². The van der Waals surface area contributed by atoms with Crippen LogP contribution in [0.2, 0.25) is 0 Å². The Morgan fingerprint density at radius 2 is 1.35 bits per heavy atom. The number of nitrogens with one attached hydrogen (secondary N) is 2. The van der Waals surface area contributed by atoms with Crippen LogP contribution in [-0.2, 0) is 20.6 Å². The lowest BCUT2D eigenvalue weighted by atomic mass is 9.88. The molecular weight excluding hydrogens is 450 g/mol. The average molecular weight is 484 g/mol. The first-order valence-electron chi connectivity index (χ1n) is 12.1. The van der Waals surface area contributed by atoms with Crippen molar-refractivity contribution in [3.05, 3.63) is 71.8 Å². The highest BCUT2D eigenvalue weighted by Gasteiger charge is 2.34. The van der Waals surface area contributed by atoms with E-state index >= 15 is 0 Å². The molecule has 2 aromatic rings. The minimum Gasteiger partial charge on any atom is -0.351 e. The van der Waals surface area contributed by atoms with Crippen LogP contribution in [0.25, 0.3) is 0 Å². The second-order valence-corrected chi connectivity index (χ2v) is 11.2. The molecule has 8 heteroatoms. The van der Waals surface area contributed by atoms with Crippen molar-refractivity contribution in [1.82, 2.24) is 14.9 Å². The molecule has 1 unspecified atom stereocenters. The van der Waals surface area contributed by atoms with Crippen molar-refractivity contribution in [3.63, 3.8) is 0 Å². The molecule has 4 rings (SSSR count). The Morgan fingerprint density at radius 1 is 0.794 bits per heavy atom. The quantitative estimate of drug-likeness (QED) is 0.633. The summed E-state index contributed by atoms with van der Waals surface area (Å²) in [6, 6.07) is 18.1. The minimum atomic E-state index is -3.41. The molecule has 0 spiro atoms. The molecular formula is C26H33N3O4S. The maximum absolute atomic E-state index is 13.0. The SMILES string of the molecule is O=C(N[C@@H]1CCCCC1NC(=O)C1CCN(S(=O)(=O)Cc2ccccc2)CC1)c1ccccc1. The van der Waals surface area contributed by atoms with Crippen LogP contribution in [0.4, 0.5) is 0 Å². The number of amides is 2. The summed E-state index contributed by atoms with van der Waals surface area (Å²) in [5, 5.41) is 6.27. The average Bonchev–Trinajstić information content (AvgIpc) is 2.86. The summed E-state index contributed by atoms with van der Waals surface area (Å²) in [7, 11) is -3.41. The molecule has 2 atom stereocenters. The maximum Gasteiger partial charge on any atom is 0.251 e. The number of sulfonamides is 1. The highest BCUT2D eigenvalue weighted by atomic mass is 32.2. The number of nitrogens with zero attached hydrogens (tertiary/aromatic N) is 1. The maximum atomic E-state index is 13.0. The summed E-state index contributed by atoms with van der Waals surface area (Å²) >= 11 is 0. The van der Waals surface area contributed by atoms with Crippen molar-refractivity contribution >= 4 is 21.8 Å². The molecule has 0 radical (unpaired) electrons. The Balaban J connectivity index is 1.29. The van der Waals surface area contributed by atoms with Gasteiger partial charge in [-0.2, -0.15) is 0 Å². The lowest BCUT2D eigenvalue weighted by Gasteiger charge is -2.35. The summed E-state index contributed by atoms with van der Waals surface area (Å²) in [5.74, 6) is -0.388. The lowest BCUT2D eigenvalue weighted by molar-refractivity contribution is -0.127. The summed E-state index contributed by atoms with van der Waals surface area (Å²) in [6.45, 7) is 0.707. The number of benzene rings is 2. The van der Waals surface area contributed by atoms with Crippen LogP contribution in [-0.4, -0.2) is 49.7 Å². The third kappa shape index (κ3) is 6.24. The molecule has 2 amide bonds. The molecule has 2 fully saturated rings. The zero-order chi connectivity index (χ0) is 24.0. The molecule has 1 saturated carbocycles. The minimum absolute atomic E-state index is 0.0183. The highest BCUT2D eigenvalue weighted by Crippen LogP contribution is 2.24. The van der Waals surface area contributed by atoms with Crippen molar-refractivity contribution < 1.29 is 18.0 Å². The van der Waals surface area contributed by atoms with E-state index in [4.69, 9.17) is 0 Å². The Bertz CT molecular complexity index is 1070. The molecule has 7 nitrogen and oxygen atoms in total. The Kier molecular flexibility index (Phi) is 8.00. The number of rotatable bonds is 7. The van der Waals surface area contributed by atoms with Crippen LogP contribution >= 0.6 is 0 Å². The number of carbonyl (C=O) groups is 2. The normalized spacial score (nSPS) is 22.1. The second kappa shape index (κ2) is 11.1. The predicted molar refractivity (Wildman–Crippen MR) is 131 cm³/mol.